The van der Waals surface area contributed by atoms with Gasteiger partial charge in [-0.3, -0.25) is 9.59 Å². The molecule has 0 bridgehead atoms. The van der Waals surface area contributed by atoms with Gasteiger partial charge in [0.25, 0.3) is 0 Å². The largest absolute Gasteiger partial charge is 0.497 e. The smallest absolute Gasteiger partial charge is 0.172 e. The van der Waals surface area contributed by atoms with Gasteiger partial charge in [-0.15, -0.1) is 0 Å². The SMILES string of the molecule is COc1cccc(C2(c3cccc(OC)c3)[C@@H]3C(=O)C4(C)OC4C(=O)[C@]32C)c1. The lowest BCUT2D eigenvalue weighted by Gasteiger charge is -2.24. The van der Waals surface area contributed by atoms with E-state index in [0.29, 0.717) is 11.5 Å². The highest BCUT2D eigenvalue weighted by Gasteiger charge is 2.90. The molecule has 0 aromatic heterocycles. The van der Waals surface area contributed by atoms with E-state index >= 15 is 0 Å². The van der Waals surface area contributed by atoms with Crippen molar-refractivity contribution in [3.63, 3.8) is 0 Å². The second-order valence-electron chi connectivity index (χ2n) is 8.24. The minimum Gasteiger partial charge on any atom is -0.497 e. The number of epoxide rings is 1. The summed E-state index contributed by atoms with van der Waals surface area (Å²) in [5, 5.41) is 0. The maximum absolute atomic E-state index is 13.4. The van der Waals surface area contributed by atoms with Crippen molar-refractivity contribution >= 4 is 11.6 Å². The van der Waals surface area contributed by atoms with Gasteiger partial charge in [-0.25, -0.2) is 0 Å². The number of benzene rings is 2. The Morgan fingerprint density at radius 2 is 1.39 bits per heavy atom. The Morgan fingerprint density at radius 3 is 1.89 bits per heavy atom. The summed E-state index contributed by atoms with van der Waals surface area (Å²) in [7, 11) is 3.22. The van der Waals surface area contributed by atoms with E-state index in [9.17, 15) is 9.59 Å². The fourth-order valence-electron chi connectivity index (χ4n) is 5.51. The molecule has 144 valence electrons. The lowest BCUT2D eigenvalue weighted by molar-refractivity contribution is -0.132. The average molecular weight is 378 g/mol. The Bertz CT molecular complexity index is 978. The van der Waals surface area contributed by atoms with Crippen LogP contribution in [0.15, 0.2) is 48.5 Å². The molecule has 2 aromatic carbocycles. The summed E-state index contributed by atoms with van der Waals surface area (Å²) in [4.78, 5) is 26.8. The van der Waals surface area contributed by atoms with E-state index in [4.69, 9.17) is 14.2 Å². The molecule has 2 unspecified atom stereocenters. The van der Waals surface area contributed by atoms with Crippen molar-refractivity contribution in [3.8, 4) is 11.5 Å². The summed E-state index contributed by atoms with van der Waals surface area (Å²) in [6.45, 7) is 3.63. The predicted octanol–water partition coefficient (Wildman–Crippen LogP) is 2.94. The summed E-state index contributed by atoms with van der Waals surface area (Å²) in [5.41, 5.74) is -0.799. The van der Waals surface area contributed by atoms with Crippen molar-refractivity contribution in [1.29, 1.82) is 0 Å². The zero-order chi connectivity index (χ0) is 19.9. The normalized spacial score (nSPS) is 34.3. The molecule has 2 aliphatic carbocycles. The van der Waals surface area contributed by atoms with Gasteiger partial charge in [0.2, 0.25) is 0 Å². The van der Waals surface area contributed by atoms with Gasteiger partial charge in [0.15, 0.2) is 23.3 Å². The van der Waals surface area contributed by atoms with Gasteiger partial charge < -0.3 is 14.2 Å². The summed E-state index contributed by atoms with van der Waals surface area (Å²) in [5.74, 6) is 0.921. The summed E-state index contributed by atoms with van der Waals surface area (Å²) >= 11 is 0. The van der Waals surface area contributed by atoms with Crippen molar-refractivity contribution in [2.45, 2.75) is 31.0 Å². The number of Topliss-reactive ketones (excluding diaryl/α,β-unsaturated/α-hetero) is 2. The Hall–Kier alpha value is -2.66. The van der Waals surface area contributed by atoms with Crippen LogP contribution in [0.4, 0.5) is 0 Å². The van der Waals surface area contributed by atoms with Gasteiger partial charge in [0.1, 0.15) is 11.5 Å². The number of rotatable bonds is 4. The van der Waals surface area contributed by atoms with E-state index < -0.39 is 28.5 Å². The molecule has 0 radical (unpaired) electrons. The van der Waals surface area contributed by atoms with Gasteiger partial charge in [0.05, 0.1) is 19.6 Å². The second-order valence-corrected chi connectivity index (χ2v) is 8.24. The molecule has 4 atom stereocenters. The van der Waals surface area contributed by atoms with Crippen molar-refractivity contribution in [2.75, 3.05) is 14.2 Å². The van der Waals surface area contributed by atoms with Crippen LogP contribution in [-0.2, 0) is 19.7 Å². The molecule has 0 spiro atoms. The second kappa shape index (κ2) is 5.23. The quantitative estimate of drug-likeness (QED) is 0.766. The molecule has 1 saturated heterocycles. The number of hydrogen-bond acceptors (Lipinski definition) is 5. The molecule has 2 aromatic rings. The van der Waals surface area contributed by atoms with Gasteiger partial charge in [-0.1, -0.05) is 31.2 Å². The Labute approximate surface area is 163 Å². The Balaban J connectivity index is 1.78. The first kappa shape index (κ1) is 17.4. The molecule has 2 saturated carbocycles. The Kier molecular flexibility index (Phi) is 3.26. The van der Waals surface area contributed by atoms with Crippen LogP contribution < -0.4 is 9.47 Å². The highest BCUT2D eigenvalue weighted by atomic mass is 16.6. The molecule has 0 N–H and O–H groups in total. The number of methoxy groups -OCH3 is 2. The lowest BCUT2D eigenvalue weighted by Crippen LogP contribution is -2.39. The zero-order valence-electron chi connectivity index (χ0n) is 16.3. The van der Waals surface area contributed by atoms with E-state index in [1.807, 2.05) is 55.5 Å². The first-order chi connectivity index (χ1) is 13.4. The maximum Gasteiger partial charge on any atom is 0.172 e. The third kappa shape index (κ3) is 1.76. The number of ether oxygens (including phenoxy) is 3. The number of ketones is 2. The van der Waals surface area contributed by atoms with Crippen LogP contribution >= 0.6 is 0 Å². The summed E-state index contributed by atoms with van der Waals surface area (Å²) < 4.78 is 16.4. The zero-order valence-corrected chi connectivity index (χ0v) is 16.3. The van der Waals surface area contributed by atoms with Gasteiger partial charge >= 0.3 is 0 Å². The molecule has 5 heteroatoms. The third-order valence-corrected chi connectivity index (χ3v) is 7.10. The minimum absolute atomic E-state index is 0.00485. The van der Waals surface area contributed by atoms with Gasteiger partial charge in [-0.05, 0) is 42.3 Å². The number of carbonyl (C=O) groups is 2. The van der Waals surface area contributed by atoms with Crippen LogP contribution in [0.3, 0.4) is 0 Å². The molecule has 3 fully saturated rings. The monoisotopic (exact) mass is 378 g/mol. The number of carbonyl (C=O) groups excluding carboxylic acids is 2. The lowest BCUT2D eigenvalue weighted by atomic mass is 9.78. The molecule has 5 nitrogen and oxygen atoms in total. The third-order valence-electron chi connectivity index (χ3n) is 7.10. The number of fused-ring (bicyclic) bond motifs is 2. The molecule has 1 aliphatic heterocycles. The molecule has 28 heavy (non-hydrogen) atoms. The fourth-order valence-corrected chi connectivity index (χ4v) is 5.51. The first-order valence-electron chi connectivity index (χ1n) is 9.41. The van der Waals surface area contributed by atoms with Crippen LogP contribution in [-0.4, -0.2) is 37.5 Å². The van der Waals surface area contributed by atoms with Crippen molar-refractivity contribution in [1.82, 2.24) is 0 Å². The maximum atomic E-state index is 13.4. The molecular formula is C23H22O5. The minimum atomic E-state index is -0.985. The Morgan fingerprint density at radius 1 is 0.857 bits per heavy atom. The molecular weight excluding hydrogens is 356 g/mol. The van der Waals surface area contributed by atoms with E-state index in [1.54, 1.807) is 21.1 Å². The van der Waals surface area contributed by atoms with Crippen LogP contribution in [0, 0.1) is 11.3 Å². The number of hydrogen-bond donors (Lipinski definition) is 0. The van der Waals surface area contributed by atoms with Crippen molar-refractivity contribution in [2.24, 2.45) is 11.3 Å². The highest BCUT2D eigenvalue weighted by molar-refractivity contribution is 6.17. The van der Waals surface area contributed by atoms with Crippen molar-refractivity contribution < 1.29 is 23.8 Å². The fraction of sp³-hybridized carbons (Fsp3) is 0.391. The molecule has 0 amide bonds. The van der Waals surface area contributed by atoms with Gasteiger partial charge in [0, 0.05) is 11.3 Å². The van der Waals surface area contributed by atoms with Crippen LogP contribution in [0.25, 0.3) is 0 Å². The molecule has 5 rings (SSSR count). The van der Waals surface area contributed by atoms with E-state index in [2.05, 4.69) is 0 Å². The van der Waals surface area contributed by atoms with Crippen molar-refractivity contribution in [3.05, 3.63) is 59.7 Å². The van der Waals surface area contributed by atoms with Gasteiger partial charge in [-0.2, -0.15) is 0 Å². The first-order valence-corrected chi connectivity index (χ1v) is 9.41. The highest BCUT2D eigenvalue weighted by Crippen LogP contribution is 2.78. The molecule has 1 heterocycles. The predicted molar refractivity (Wildman–Crippen MR) is 102 cm³/mol. The van der Waals surface area contributed by atoms with E-state index in [0.717, 1.165) is 11.1 Å². The van der Waals surface area contributed by atoms with Crippen LogP contribution in [0.1, 0.15) is 25.0 Å². The van der Waals surface area contributed by atoms with Crippen LogP contribution in [0.5, 0.6) is 11.5 Å². The standard InChI is InChI=1S/C23H22O5/c1-21-17(18(24)22(2)20(28-22)19(21)25)23(21,13-7-5-9-15(11-13)26-3)14-8-6-10-16(12-14)27-4/h5-12,17,20H,1-4H3/t17-,20?,21+,22?/m1/s1. The average Bonchev–Trinajstić information content (AvgIpc) is 3.58. The summed E-state index contributed by atoms with van der Waals surface area (Å²) in [6, 6.07) is 15.3. The summed E-state index contributed by atoms with van der Waals surface area (Å²) in [6.07, 6.45) is -0.639. The van der Waals surface area contributed by atoms with E-state index in [1.165, 1.54) is 0 Å². The van der Waals surface area contributed by atoms with Crippen LogP contribution in [0.2, 0.25) is 0 Å². The molecule has 3 aliphatic rings. The topological polar surface area (TPSA) is 65.1 Å². The van der Waals surface area contributed by atoms with E-state index in [-0.39, 0.29) is 11.6 Å².